The van der Waals surface area contributed by atoms with E-state index >= 15 is 0 Å². The molecule has 0 spiro atoms. The Morgan fingerprint density at radius 1 is 1.35 bits per heavy atom. The van der Waals surface area contributed by atoms with Crippen LogP contribution in [-0.2, 0) is 27.2 Å². The summed E-state index contributed by atoms with van der Waals surface area (Å²) in [6.45, 7) is 2.87. The lowest BCUT2D eigenvalue weighted by Gasteiger charge is -2.29. The minimum Gasteiger partial charge on any atom is -0.497 e. The normalized spacial score (nSPS) is 20.9. The fraction of sp³-hybridized carbons (Fsp3) is 0.611. The van der Waals surface area contributed by atoms with Crippen LogP contribution in [0.15, 0.2) is 18.2 Å². The molecule has 0 radical (unpaired) electrons. The molecule has 0 unspecified atom stereocenters. The van der Waals surface area contributed by atoms with Crippen LogP contribution >= 0.6 is 0 Å². The Morgan fingerprint density at radius 2 is 2.26 bits per heavy atom. The van der Waals surface area contributed by atoms with Gasteiger partial charge in [-0.3, -0.25) is 4.79 Å². The molecule has 2 aliphatic rings. The highest BCUT2D eigenvalue weighted by Gasteiger charge is 2.22. The minimum atomic E-state index is 0.0577. The SMILES string of the molecule is COc1ccc2c(c1)CCN(C(=O)COC[C@@H]1CCCCO1)C2. The molecule has 2 aliphatic heterocycles. The van der Waals surface area contributed by atoms with E-state index < -0.39 is 0 Å². The predicted octanol–water partition coefficient (Wildman–Crippen LogP) is 2.17. The van der Waals surface area contributed by atoms with E-state index in [9.17, 15) is 4.79 Å². The third kappa shape index (κ3) is 4.24. The number of hydrogen-bond donors (Lipinski definition) is 0. The maximum Gasteiger partial charge on any atom is 0.248 e. The molecule has 0 aliphatic carbocycles. The van der Waals surface area contributed by atoms with E-state index in [-0.39, 0.29) is 18.6 Å². The van der Waals surface area contributed by atoms with Gasteiger partial charge in [-0.15, -0.1) is 0 Å². The number of carbonyl (C=O) groups is 1. The Hall–Kier alpha value is -1.59. The Bertz CT molecular complexity index is 540. The van der Waals surface area contributed by atoms with Crippen molar-refractivity contribution in [3.8, 4) is 5.75 Å². The summed E-state index contributed by atoms with van der Waals surface area (Å²) < 4.78 is 16.4. The van der Waals surface area contributed by atoms with Crippen molar-refractivity contribution in [2.75, 3.05) is 33.5 Å². The zero-order valence-corrected chi connectivity index (χ0v) is 13.8. The summed E-state index contributed by atoms with van der Waals surface area (Å²) in [6.07, 6.45) is 4.38. The monoisotopic (exact) mass is 319 g/mol. The first-order valence-corrected chi connectivity index (χ1v) is 8.39. The zero-order valence-electron chi connectivity index (χ0n) is 13.8. The summed E-state index contributed by atoms with van der Waals surface area (Å²) in [6, 6.07) is 6.06. The Labute approximate surface area is 137 Å². The quantitative estimate of drug-likeness (QED) is 0.834. The Balaban J connectivity index is 1.46. The molecule has 1 fully saturated rings. The van der Waals surface area contributed by atoms with Gasteiger partial charge in [0.05, 0.1) is 19.8 Å². The molecule has 23 heavy (non-hydrogen) atoms. The minimum absolute atomic E-state index is 0.0577. The third-order valence-electron chi connectivity index (χ3n) is 4.58. The number of methoxy groups -OCH3 is 1. The van der Waals surface area contributed by atoms with Gasteiger partial charge >= 0.3 is 0 Å². The molecule has 1 amide bonds. The molecule has 5 nitrogen and oxygen atoms in total. The lowest BCUT2D eigenvalue weighted by atomic mass is 9.99. The highest BCUT2D eigenvalue weighted by molar-refractivity contribution is 5.77. The van der Waals surface area contributed by atoms with Crippen molar-refractivity contribution in [3.05, 3.63) is 29.3 Å². The first-order valence-electron chi connectivity index (χ1n) is 8.39. The Kier molecular flexibility index (Phi) is 5.51. The molecule has 0 bridgehead atoms. The van der Waals surface area contributed by atoms with Crippen molar-refractivity contribution in [2.45, 2.75) is 38.3 Å². The van der Waals surface area contributed by atoms with Crippen LogP contribution in [0.5, 0.6) is 5.75 Å². The highest BCUT2D eigenvalue weighted by Crippen LogP contribution is 2.23. The second-order valence-electron chi connectivity index (χ2n) is 6.20. The van der Waals surface area contributed by atoms with Crippen LogP contribution in [0, 0.1) is 0 Å². The van der Waals surface area contributed by atoms with E-state index in [1.54, 1.807) is 7.11 Å². The summed E-state index contributed by atoms with van der Waals surface area (Å²) in [5.74, 6) is 0.932. The van der Waals surface area contributed by atoms with Gasteiger partial charge in [0, 0.05) is 19.7 Å². The number of benzene rings is 1. The van der Waals surface area contributed by atoms with Crippen LogP contribution in [0.25, 0.3) is 0 Å². The average molecular weight is 319 g/mol. The van der Waals surface area contributed by atoms with Crippen molar-refractivity contribution in [1.29, 1.82) is 0 Å². The van der Waals surface area contributed by atoms with Crippen LogP contribution < -0.4 is 4.74 Å². The van der Waals surface area contributed by atoms with Gasteiger partial charge in [0.15, 0.2) is 0 Å². The van der Waals surface area contributed by atoms with Gasteiger partial charge < -0.3 is 19.1 Å². The molecule has 1 atom stereocenters. The van der Waals surface area contributed by atoms with Gasteiger partial charge in [-0.1, -0.05) is 6.07 Å². The summed E-state index contributed by atoms with van der Waals surface area (Å²) in [4.78, 5) is 14.2. The van der Waals surface area contributed by atoms with E-state index in [0.717, 1.165) is 38.2 Å². The molecule has 0 saturated carbocycles. The number of fused-ring (bicyclic) bond motifs is 1. The highest BCUT2D eigenvalue weighted by atomic mass is 16.5. The molecule has 5 heteroatoms. The van der Waals surface area contributed by atoms with Crippen LogP contribution in [0.3, 0.4) is 0 Å². The standard InChI is InChI=1S/C18H25NO4/c1-21-16-6-5-15-11-19(8-7-14(15)10-16)18(20)13-22-12-17-4-2-3-9-23-17/h5-6,10,17H,2-4,7-9,11-13H2,1H3/t17-/m0/s1. The van der Waals surface area contributed by atoms with Crippen molar-refractivity contribution >= 4 is 5.91 Å². The van der Waals surface area contributed by atoms with E-state index in [1.165, 1.54) is 17.5 Å². The lowest BCUT2D eigenvalue weighted by Crippen LogP contribution is -2.38. The maximum absolute atomic E-state index is 12.3. The van der Waals surface area contributed by atoms with Gasteiger partial charge in [-0.25, -0.2) is 0 Å². The van der Waals surface area contributed by atoms with E-state index in [4.69, 9.17) is 14.2 Å². The molecule has 1 aromatic carbocycles. The summed E-state index contributed by atoms with van der Waals surface area (Å²) in [5.41, 5.74) is 2.46. The molecule has 0 aromatic heterocycles. The van der Waals surface area contributed by atoms with E-state index in [1.807, 2.05) is 17.0 Å². The number of hydrogen-bond acceptors (Lipinski definition) is 4. The summed E-state index contributed by atoms with van der Waals surface area (Å²) in [5, 5.41) is 0. The smallest absolute Gasteiger partial charge is 0.248 e. The molecule has 1 aromatic rings. The van der Waals surface area contributed by atoms with Gasteiger partial charge in [0.25, 0.3) is 0 Å². The third-order valence-corrected chi connectivity index (χ3v) is 4.58. The van der Waals surface area contributed by atoms with Crippen molar-refractivity contribution in [2.24, 2.45) is 0 Å². The first kappa shape index (κ1) is 16.3. The number of rotatable bonds is 5. The van der Waals surface area contributed by atoms with Gasteiger partial charge in [0.2, 0.25) is 5.91 Å². The summed E-state index contributed by atoms with van der Waals surface area (Å²) >= 11 is 0. The Morgan fingerprint density at radius 3 is 3.04 bits per heavy atom. The number of amides is 1. The molecule has 126 valence electrons. The number of ether oxygens (including phenoxy) is 3. The number of carbonyl (C=O) groups excluding carboxylic acids is 1. The second kappa shape index (κ2) is 7.79. The van der Waals surface area contributed by atoms with Gasteiger partial charge in [0.1, 0.15) is 12.4 Å². The summed E-state index contributed by atoms with van der Waals surface area (Å²) in [7, 11) is 1.67. The molecule has 3 rings (SSSR count). The largest absolute Gasteiger partial charge is 0.497 e. The fourth-order valence-corrected chi connectivity index (χ4v) is 3.18. The van der Waals surface area contributed by atoms with Crippen molar-refractivity contribution in [3.63, 3.8) is 0 Å². The van der Waals surface area contributed by atoms with Gasteiger partial charge in [-0.2, -0.15) is 0 Å². The molecular formula is C18H25NO4. The van der Waals surface area contributed by atoms with E-state index in [2.05, 4.69) is 6.07 Å². The second-order valence-corrected chi connectivity index (χ2v) is 6.20. The van der Waals surface area contributed by atoms with Crippen molar-refractivity contribution in [1.82, 2.24) is 4.90 Å². The van der Waals surface area contributed by atoms with Crippen LogP contribution in [-0.4, -0.2) is 50.4 Å². The van der Waals surface area contributed by atoms with Gasteiger partial charge in [-0.05, 0) is 48.9 Å². The zero-order chi connectivity index (χ0) is 16.1. The molecular weight excluding hydrogens is 294 g/mol. The van der Waals surface area contributed by atoms with E-state index in [0.29, 0.717) is 13.2 Å². The molecule has 0 N–H and O–H groups in total. The lowest BCUT2D eigenvalue weighted by molar-refractivity contribution is -0.139. The first-order chi connectivity index (χ1) is 11.3. The van der Waals surface area contributed by atoms with Crippen molar-refractivity contribution < 1.29 is 19.0 Å². The number of nitrogens with zero attached hydrogens (tertiary/aromatic N) is 1. The molecule has 1 saturated heterocycles. The fourth-order valence-electron chi connectivity index (χ4n) is 3.18. The predicted molar refractivity (Wildman–Crippen MR) is 86.5 cm³/mol. The van der Waals surface area contributed by atoms with Crippen LogP contribution in [0.1, 0.15) is 30.4 Å². The van der Waals surface area contributed by atoms with Crippen LogP contribution in [0.4, 0.5) is 0 Å². The average Bonchev–Trinajstić information content (AvgIpc) is 2.61. The maximum atomic E-state index is 12.3. The topological polar surface area (TPSA) is 48.0 Å². The van der Waals surface area contributed by atoms with Crippen LogP contribution in [0.2, 0.25) is 0 Å². The molecule has 2 heterocycles.